The Bertz CT molecular complexity index is 733. The van der Waals surface area contributed by atoms with Gasteiger partial charge in [-0.15, -0.1) is 0 Å². The normalized spacial score (nSPS) is 12.4. The molecule has 0 bridgehead atoms. The summed E-state index contributed by atoms with van der Waals surface area (Å²) < 4.78 is 29.4. The first-order chi connectivity index (χ1) is 8.92. The molecule has 1 heterocycles. The molecule has 1 aromatic carbocycles. The fourth-order valence-electron chi connectivity index (χ4n) is 1.57. The van der Waals surface area contributed by atoms with Crippen LogP contribution in [0.5, 0.6) is 0 Å². The Morgan fingerprint density at radius 2 is 2.00 bits per heavy atom. The Kier molecular flexibility index (Phi) is 4.27. The number of benzene rings is 1. The molecule has 6 nitrogen and oxygen atoms in total. The second-order valence-corrected chi connectivity index (χ2v) is 8.38. The van der Waals surface area contributed by atoms with Crippen molar-refractivity contribution < 1.29 is 8.42 Å². The number of aromatic nitrogens is 1. The van der Waals surface area contributed by atoms with Gasteiger partial charge in [-0.05, 0) is 0 Å². The molecule has 0 saturated carbocycles. The van der Waals surface area contributed by atoms with Crippen molar-refractivity contribution in [1.82, 2.24) is 12.6 Å². The number of rotatable bonds is 5. The molecule has 0 aliphatic heterocycles. The molecular formula is C11H15N3O3SSe. The van der Waals surface area contributed by atoms with Gasteiger partial charge in [0.15, 0.2) is 0 Å². The van der Waals surface area contributed by atoms with Crippen LogP contribution in [0.15, 0.2) is 29.1 Å². The van der Waals surface area contributed by atoms with E-state index in [0.29, 0.717) is 6.54 Å². The summed E-state index contributed by atoms with van der Waals surface area (Å²) in [5, 5.41) is 0.734. The Morgan fingerprint density at radius 1 is 1.32 bits per heavy atom. The third kappa shape index (κ3) is 3.16. The van der Waals surface area contributed by atoms with E-state index in [2.05, 4.69) is 4.72 Å². The summed E-state index contributed by atoms with van der Waals surface area (Å²) in [5.74, 6) is 0. The first kappa shape index (κ1) is 14.5. The molecule has 0 radical (unpaired) electrons. The van der Waals surface area contributed by atoms with E-state index >= 15 is 0 Å². The molecule has 0 saturated heterocycles. The summed E-state index contributed by atoms with van der Waals surface area (Å²) in [6.07, 6.45) is 0. The van der Waals surface area contributed by atoms with Crippen molar-refractivity contribution in [1.29, 1.82) is 0 Å². The number of nitrogens with zero attached hydrogens (tertiary/aromatic N) is 2. The van der Waals surface area contributed by atoms with Crippen molar-refractivity contribution in [3.63, 3.8) is 0 Å². The van der Waals surface area contributed by atoms with E-state index in [1.807, 2.05) is 24.3 Å². The van der Waals surface area contributed by atoms with E-state index in [0.717, 1.165) is 14.0 Å². The van der Waals surface area contributed by atoms with Crippen molar-refractivity contribution >= 4 is 34.6 Å². The molecule has 19 heavy (non-hydrogen) atoms. The van der Waals surface area contributed by atoms with Gasteiger partial charge < -0.3 is 0 Å². The van der Waals surface area contributed by atoms with Crippen molar-refractivity contribution in [3.8, 4) is 0 Å². The van der Waals surface area contributed by atoms with Gasteiger partial charge in [-0.2, -0.15) is 0 Å². The third-order valence-electron chi connectivity index (χ3n) is 2.63. The molecule has 0 spiro atoms. The number of fused-ring (bicyclic) bond motifs is 1. The van der Waals surface area contributed by atoms with E-state index in [1.54, 1.807) is 3.56 Å². The topological polar surface area (TPSA) is 71.4 Å². The van der Waals surface area contributed by atoms with Crippen molar-refractivity contribution in [3.05, 3.63) is 34.6 Å². The predicted octanol–water partition coefficient (Wildman–Crippen LogP) is -0.545. The Hall–Kier alpha value is -0.921. The maximum atomic E-state index is 12.0. The van der Waals surface area contributed by atoms with Crippen LogP contribution in [0.4, 0.5) is 0 Å². The van der Waals surface area contributed by atoms with Gasteiger partial charge in [-0.1, -0.05) is 0 Å². The van der Waals surface area contributed by atoms with Crippen LogP contribution >= 0.6 is 0 Å². The van der Waals surface area contributed by atoms with Gasteiger partial charge in [0.1, 0.15) is 0 Å². The fourth-order valence-corrected chi connectivity index (χ4v) is 4.26. The van der Waals surface area contributed by atoms with Gasteiger partial charge in [-0.3, -0.25) is 0 Å². The SMILES string of the molecule is CN(C)S(=O)(=O)NCCn1[se]c2ccccc2c1=O. The minimum atomic E-state index is -3.42. The molecule has 0 amide bonds. The Morgan fingerprint density at radius 3 is 2.63 bits per heavy atom. The van der Waals surface area contributed by atoms with Gasteiger partial charge in [-0.25, -0.2) is 0 Å². The molecule has 2 rings (SSSR count). The van der Waals surface area contributed by atoms with E-state index in [-0.39, 0.29) is 26.8 Å². The molecule has 0 fully saturated rings. The molecule has 0 aliphatic carbocycles. The molecule has 104 valence electrons. The molecule has 1 N–H and O–H groups in total. The zero-order valence-corrected chi connectivity index (χ0v) is 13.2. The average molecular weight is 348 g/mol. The van der Waals surface area contributed by atoms with Crippen LogP contribution in [0.3, 0.4) is 0 Å². The molecular weight excluding hydrogens is 333 g/mol. The predicted molar refractivity (Wildman–Crippen MR) is 75.8 cm³/mol. The van der Waals surface area contributed by atoms with Crippen LogP contribution in [-0.4, -0.2) is 51.7 Å². The zero-order valence-electron chi connectivity index (χ0n) is 10.7. The molecule has 0 aliphatic rings. The first-order valence-electron chi connectivity index (χ1n) is 5.68. The van der Waals surface area contributed by atoms with Gasteiger partial charge in [0, 0.05) is 0 Å². The Balaban J connectivity index is 2.11. The number of nitrogens with one attached hydrogen (secondary N) is 1. The van der Waals surface area contributed by atoms with Gasteiger partial charge in [0.2, 0.25) is 0 Å². The molecule has 8 heteroatoms. The summed E-state index contributed by atoms with van der Waals surface area (Å²) in [5.41, 5.74) is -0.0142. The maximum absolute atomic E-state index is 12.0. The molecule has 1 aromatic heterocycles. The summed E-state index contributed by atoms with van der Waals surface area (Å²) in [6.45, 7) is 0.614. The van der Waals surface area contributed by atoms with E-state index < -0.39 is 10.2 Å². The Labute approximate surface area is 117 Å². The molecule has 0 atom stereocenters. The van der Waals surface area contributed by atoms with Crippen molar-refractivity contribution in [2.45, 2.75) is 6.54 Å². The monoisotopic (exact) mass is 349 g/mol. The molecule has 0 unspecified atom stereocenters. The summed E-state index contributed by atoms with van der Waals surface area (Å²) in [7, 11) is -0.500. The summed E-state index contributed by atoms with van der Waals surface area (Å²) >= 11 is -0.0583. The fraction of sp³-hybridized carbons (Fsp3) is 0.364. The van der Waals surface area contributed by atoms with Gasteiger partial charge >= 0.3 is 117 Å². The number of hydrogen-bond acceptors (Lipinski definition) is 3. The summed E-state index contributed by atoms with van der Waals surface area (Å²) in [4.78, 5) is 12.0. The quantitative estimate of drug-likeness (QED) is 0.738. The van der Waals surface area contributed by atoms with E-state index in [4.69, 9.17) is 0 Å². The van der Waals surface area contributed by atoms with Crippen LogP contribution in [0.1, 0.15) is 0 Å². The van der Waals surface area contributed by atoms with Crippen LogP contribution in [-0.2, 0) is 16.8 Å². The first-order valence-corrected chi connectivity index (χ1v) is 8.74. The third-order valence-corrected chi connectivity index (χ3v) is 6.52. The van der Waals surface area contributed by atoms with Crippen LogP contribution in [0.2, 0.25) is 0 Å². The van der Waals surface area contributed by atoms with Crippen LogP contribution in [0, 0.1) is 0 Å². The van der Waals surface area contributed by atoms with Crippen molar-refractivity contribution in [2.24, 2.45) is 0 Å². The van der Waals surface area contributed by atoms with Gasteiger partial charge in [0.25, 0.3) is 0 Å². The second kappa shape index (κ2) is 5.60. The van der Waals surface area contributed by atoms with Gasteiger partial charge in [0.05, 0.1) is 0 Å². The van der Waals surface area contributed by atoms with Crippen molar-refractivity contribution in [2.75, 3.05) is 20.6 Å². The second-order valence-electron chi connectivity index (χ2n) is 4.18. The van der Waals surface area contributed by atoms with Crippen LogP contribution in [0.25, 0.3) is 9.65 Å². The number of hydrogen-bond donors (Lipinski definition) is 1. The minimum absolute atomic E-state index is 0.0142. The summed E-state index contributed by atoms with van der Waals surface area (Å²) in [6, 6.07) is 7.50. The average Bonchev–Trinajstić information content (AvgIpc) is 2.67. The van der Waals surface area contributed by atoms with E-state index in [1.165, 1.54) is 14.1 Å². The van der Waals surface area contributed by atoms with E-state index in [9.17, 15) is 13.2 Å². The zero-order chi connectivity index (χ0) is 14.0. The molecule has 2 aromatic rings. The standard InChI is InChI=1S/C11H15N3O3SSe/c1-13(2)18(16,17)12-7-8-14-11(15)9-5-3-4-6-10(9)19-14/h3-6,12H,7-8H2,1-2H3. The van der Waals surface area contributed by atoms with Crippen LogP contribution < -0.4 is 10.3 Å².